The lowest BCUT2D eigenvalue weighted by Crippen LogP contribution is -2.11. The first-order chi connectivity index (χ1) is 6.65. The molecule has 1 aromatic rings. The van der Waals surface area contributed by atoms with Crippen LogP contribution >= 0.6 is 15.9 Å². The molecule has 1 unspecified atom stereocenters. The molecule has 0 aliphatic rings. The van der Waals surface area contributed by atoms with Gasteiger partial charge in [-0.15, -0.1) is 0 Å². The van der Waals surface area contributed by atoms with Gasteiger partial charge >= 0.3 is 5.97 Å². The molecule has 0 aliphatic carbocycles. The maximum Gasteiger partial charge on any atom is 0.310 e. The Morgan fingerprint density at radius 1 is 1.57 bits per heavy atom. The minimum atomic E-state index is -0.745. The van der Waals surface area contributed by atoms with Crippen molar-refractivity contribution in [3.8, 4) is 0 Å². The average Bonchev–Trinajstić information content (AvgIpc) is 2.13. The minimum absolute atomic E-state index is 0.377. The van der Waals surface area contributed by atoms with Crippen molar-refractivity contribution in [1.82, 2.24) is 0 Å². The molecule has 76 valence electrons. The smallest absolute Gasteiger partial charge is 0.310 e. The maximum atomic E-state index is 11.0. The molecule has 14 heavy (non-hydrogen) atoms. The van der Waals surface area contributed by atoms with Gasteiger partial charge in [-0.3, -0.25) is 4.79 Å². The number of carbonyl (C=O) groups is 1. The third-order valence-electron chi connectivity index (χ3n) is 2.13. The number of aliphatic carboxylic acids is 1. The maximum absolute atomic E-state index is 11.0. The van der Waals surface area contributed by atoms with Crippen LogP contribution in [0.15, 0.2) is 28.7 Å². The fraction of sp³-hybridized carbons (Fsp3) is 0.364. The van der Waals surface area contributed by atoms with Crippen LogP contribution in [0.2, 0.25) is 0 Å². The summed E-state index contributed by atoms with van der Waals surface area (Å²) in [6.07, 6.45) is 1.56. The highest BCUT2D eigenvalue weighted by molar-refractivity contribution is 9.10. The summed E-state index contributed by atoms with van der Waals surface area (Å²) in [5, 5.41) is 9.03. The van der Waals surface area contributed by atoms with Crippen LogP contribution in [0.1, 0.15) is 31.2 Å². The van der Waals surface area contributed by atoms with Crippen molar-refractivity contribution in [3.05, 3.63) is 34.3 Å². The lowest BCUT2D eigenvalue weighted by molar-refractivity contribution is -0.139. The molecule has 1 N–H and O–H groups in total. The fourth-order valence-corrected chi connectivity index (χ4v) is 1.86. The van der Waals surface area contributed by atoms with E-state index in [4.69, 9.17) is 5.11 Å². The van der Waals surface area contributed by atoms with Crippen molar-refractivity contribution in [3.63, 3.8) is 0 Å². The molecule has 0 radical (unpaired) electrons. The van der Waals surface area contributed by atoms with Gasteiger partial charge in [0.2, 0.25) is 0 Å². The topological polar surface area (TPSA) is 37.3 Å². The summed E-state index contributed by atoms with van der Waals surface area (Å²) in [5.74, 6) is -1.12. The third-order valence-corrected chi connectivity index (χ3v) is 2.62. The molecule has 0 aliphatic heterocycles. The Labute approximate surface area is 92.1 Å². The SMILES string of the molecule is CCCC(C(=O)O)c1cccc(Br)c1. The Bertz CT molecular complexity index is 323. The lowest BCUT2D eigenvalue weighted by Gasteiger charge is -2.11. The minimum Gasteiger partial charge on any atom is -0.481 e. The van der Waals surface area contributed by atoms with Crippen LogP contribution in [-0.2, 0) is 4.79 Å². The highest BCUT2D eigenvalue weighted by Crippen LogP contribution is 2.24. The second-order valence-electron chi connectivity index (χ2n) is 3.23. The zero-order valence-electron chi connectivity index (χ0n) is 8.03. The van der Waals surface area contributed by atoms with E-state index in [-0.39, 0.29) is 5.92 Å². The Morgan fingerprint density at radius 2 is 2.29 bits per heavy atom. The van der Waals surface area contributed by atoms with Gasteiger partial charge in [-0.2, -0.15) is 0 Å². The fourth-order valence-electron chi connectivity index (χ4n) is 1.44. The summed E-state index contributed by atoms with van der Waals surface area (Å²) in [6, 6.07) is 7.49. The molecule has 0 fully saturated rings. The van der Waals surface area contributed by atoms with Gasteiger partial charge in [0, 0.05) is 4.47 Å². The van der Waals surface area contributed by atoms with Crippen LogP contribution < -0.4 is 0 Å². The van der Waals surface area contributed by atoms with Gasteiger partial charge in [-0.05, 0) is 24.1 Å². The Hall–Kier alpha value is -0.830. The van der Waals surface area contributed by atoms with Gasteiger partial charge in [-0.1, -0.05) is 41.4 Å². The normalized spacial score (nSPS) is 12.4. The first-order valence-corrected chi connectivity index (χ1v) is 5.42. The molecular formula is C11H13BrO2. The molecule has 0 saturated heterocycles. The van der Waals surface area contributed by atoms with Crippen molar-refractivity contribution >= 4 is 21.9 Å². The predicted octanol–water partition coefficient (Wildman–Crippen LogP) is 3.42. The summed E-state index contributed by atoms with van der Waals surface area (Å²) in [7, 11) is 0. The number of carboxylic acid groups (broad SMARTS) is 1. The van der Waals surface area contributed by atoms with E-state index >= 15 is 0 Å². The molecule has 0 saturated carbocycles. The van der Waals surface area contributed by atoms with Crippen LogP contribution in [-0.4, -0.2) is 11.1 Å². The second kappa shape index (κ2) is 5.15. The molecule has 0 bridgehead atoms. The summed E-state index contributed by atoms with van der Waals surface area (Å²) in [6.45, 7) is 1.99. The van der Waals surface area contributed by atoms with E-state index < -0.39 is 5.97 Å². The predicted molar refractivity (Wildman–Crippen MR) is 59.4 cm³/mol. The molecule has 0 amide bonds. The molecule has 1 rings (SSSR count). The lowest BCUT2D eigenvalue weighted by atomic mass is 9.95. The molecule has 1 aromatic carbocycles. The highest BCUT2D eigenvalue weighted by Gasteiger charge is 2.18. The summed E-state index contributed by atoms with van der Waals surface area (Å²) >= 11 is 3.34. The summed E-state index contributed by atoms with van der Waals surface area (Å²) in [4.78, 5) is 11.0. The van der Waals surface area contributed by atoms with E-state index in [0.717, 1.165) is 16.5 Å². The number of benzene rings is 1. The van der Waals surface area contributed by atoms with Crippen LogP contribution in [0.3, 0.4) is 0 Å². The Morgan fingerprint density at radius 3 is 2.79 bits per heavy atom. The Kier molecular flexibility index (Phi) is 4.14. The van der Waals surface area contributed by atoms with Crippen LogP contribution in [0, 0.1) is 0 Å². The molecule has 0 heterocycles. The van der Waals surface area contributed by atoms with E-state index in [0.29, 0.717) is 6.42 Å². The van der Waals surface area contributed by atoms with Crippen molar-refractivity contribution < 1.29 is 9.90 Å². The number of rotatable bonds is 4. The molecular weight excluding hydrogens is 244 g/mol. The van der Waals surface area contributed by atoms with E-state index in [1.165, 1.54) is 0 Å². The zero-order chi connectivity index (χ0) is 10.6. The molecule has 0 spiro atoms. The van der Waals surface area contributed by atoms with E-state index in [2.05, 4.69) is 15.9 Å². The van der Waals surface area contributed by atoms with E-state index in [1.807, 2.05) is 31.2 Å². The molecule has 2 nitrogen and oxygen atoms in total. The van der Waals surface area contributed by atoms with Crippen LogP contribution in [0.5, 0.6) is 0 Å². The zero-order valence-corrected chi connectivity index (χ0v) is 9.62. The third kappa shape index (κ3) is 2.84. The van der Waals surface area contributed by atoms with Crippen molar-refractivity contribution in [2.75, 3.05) is 0 Å². The molecule has 3 heteroatoms. The highest BCUT2D eigenvalue weighted by atomic mass is 79.9. The number of carboxylic acids is 1. The molecule has 1 atom stereocenters. The summed E-state index contributed by atoms with van der Waals surface area (Å²) in [5.41, 5.74) is 0.869. The van der Waals surface area contributed by atoms with Gasteiger partial charge in [0.1, 0.15) is 0 Å². The average molecular weight is 257 g/mol. The number of hydrogen-bond acceptors (Lipinski definition) is 1. The second-order valence-corrected chi connectivity index (χ2v) is 4.15. The van der Waals surface area contributed by atoms with Gasteiger partial charge in [0.05, 0.1) is 5.92 Å². The van der Waals surface area contributed by atoms with Crippen LogP contribution in [0.25, 0.3) is 0 Å². The van der Waals surface area contributed by atoms with E-state index in [9.17, 15) is 4.79 Å². The van der Waals surface area contributed by atoms with Gasteiger partial charge < -0.3 is 5.11 Å². The van der Waals surface area contributed by atoms with Gasteiger partial charge in [-0.25, -0.2) is 0 Å². The monoisotopic (exact) mass is 256 g/mol. The van der Waals surface area contributed by atoms with Gasteiger partial charge in [0.25, 0.3) is 0 Å². The van der Waals surface area contributed by atoms with Crippen molar-refractivity contribution in [1.29, 1.82) is 0 Å². The van der Waals surface area contributed by atoms with E-state index in [1.54, 1.807) is 0 Å². The first-order valence-electron chi connectivity index (χ1n) is 4.63. The van der Waals surface area contributed by atoms with Crippen molar-refractivity contribution in [2.24, 2.45) is 0 Å². The standard InChI is InChI=1S/C11H13BrO2/c1-2-4-10(11(13)14)8-5-3-6-9(12)7-8/h3,5-7,10H,2,4H2,1H3,(H,13,14). The quantitative estimate of drug-likeness (QED) is 0.897. The number of halogens is 1. The Balaban J connectivity index is 2.93. The van der Waals surface area contributed by atoms with Gasteiger partial charge in [0.15, 0.2) is 0 Å². The van der Waals surface area contributed by atoms with Crippen LogP contribution in [0.4, 0.5) is 0 Å². The first kappa shape index (κ1) is 11.2. The van der Waals surface area contributed by atoms with Crippen molar-refractivity contribution in [2.45, 2.75) is 25.7 Å². The number of hydrogen-bond donors (Lipinski definition) is 1. The largest absolute Gasteiger partial charge is 0.481 e. The summed E-state index contributed by atoms with van der Waals surface area (Å²) < 4.78 is 0.928. The molecule has 0 aromatic heterocycles.